The standard InChI is InChI=1S/C18H16O2/c1-14(15-9-5-3-6-10-15)17(13-18(19)20-2)16-11-7-4-8-12-16/h3-13H,1H2,2H3/b17-13+. The predicted octanol–water partition coefficient (Wildman–Crippen LogP) is 3.96. The van der Waals surface area contributed by atoms with Crippen LogP contribution < -0.4 is 0 Å². The maximum absolute atomic E-state index is 11.6. The molecule has 2 heteroatoms. The number of carbonyl (C=O) groups is 1. The number of methoxy groups -OCH3 is 1. The maximum atomic E-state index is 11.6. The Balaban J connectivity index is 2.45. The van der Waals surface area contributed by atoms with Crippen molar-refractivity contribution in [2.75, 3.05) is 7.11 Å². The van der Waals surface area contributed by atoms with Gasteiger partial charge >= 0.3 is 5.97 Å². The summed E-state index contributed by atoms with van der Waals surface area (Å²) in [6.45, 7) is 4.11. The summed E-state index contributed by atoms with van der Waals surface area (Å²) in [7, 11) is 1.37. The molecule has 0 fully saturated rings. The molecule has 2 aromatic carbocycles. The number of allylic oxidation sites excluding steroid dienone is 2. The fourth-order valence-corrected chi connectivity index (χ4v) is 1.93. The van der Waals surface area contributed by atoms with Crippen LogP contribution >= 0.6 is 0 Å². The molecule has 0 saturated carbocycles. The Hall–Kier alpha value is -2.61. The number of hydrogen-bond acceptors (Lipinski definition) is 2. The van der Waals surface area contributed by atoms with Gasteiger partial charge in [-0.15, -0.1) is 0 Å². The van der Waals surface area contributed by atoms with Crippen molar-refractivity contribution in [1.29, 1.82) is 0 Å². The van der Waals surface area contributed by atoms with Crippen molar-refractivity contribution < 1.29 is 9.53 Å². The Morgan fingerprint density at radius 3 is 1.95 bits per heavy atom. The molecule has 2 nitrogen and oxygen atoms in total. The second kappa shape index (κ2) is 6.53. The van der Waals surface area contributed by atoms with E-state index >= 15 is 0 Å². The van der Waals surface area contributed by atoms with Crippen LogP contribution in [0.2, 0.25) is 0 Å². The average molecular weight is 264 g/mol. The number of ether oxygens (including phenoxy) is 1. The van der Waals surface area contributed by atoms with Crippen molar-refractivity contribution in [3.8, 4) is 0 Å². The third-order valence-electron chi connectivity index (χ3n) is 3.00. The molecule has 0 bridgehead atoms. The quantitative estimate of drug-likeness (QED) is 0.474. The molecule has 0 amide bonds. The van der Waals surface area contributed by atoms with Gasteiger partial charge in [-0.2, -0.15) is 0 Å². The molecular weight excluding hydrogens is 248 g/mol. The predicted molar refractivity (Wildman–Crippen MR) is 81.9 cm³/mol. The highest BCUT2D eigenvalue weighted by Gasteiger charge is 2.10. The van der Waals surface area contributed by atoms with E-state index in [1.165, 1.54) is 13.2 Å². The van der Waals surface area contributed by atoms with E-state index in [0.717, 1.165) is 22.3 Å². The van der Waals surface area contributed by atoms with Gasteiger partial charge < -0.3 is 4.74 Å². The van der Waals surface area contributed by atoms with Gasteiger partial charge in [0.2, 0.25) is 0 Å². The first kappa shape index (κ1) is 13.8. The summed E-state index contributed by atoms with van der Waals surface area (Å²) in [5.74, 6) is -0.388. The SMILES string of the molecule is C=C(/C(=C\C(=O)OC)c1ccccc1)c1ccccc1. The Morgan fingerprint density at radius 2 is 1.45 bits per heavy atom. The molecular formula is C18H16O2. The van der Waals surface area contributed by atoms with Crippen LogP contribution in [-0.4, -0.2) is 13.1 Å². The second-order valence-corrected chi connectivity index (χ2v) is 4.29. The van der Waals surface area contributed by atoms with Crippen LogP contribution in [-0.2, 0) is 9.53 Å². The Labute approximate surface area is 119 Å². The lowest BCUT2D eigenvalue weighted by atomic mass is 9.93. The molecule has 0 atom stereocenters. The van der Waals surface area contributed by atoms with E-state index in [0.29, 0.717) is 0 Å². The van der Waals surface area contributed by atoms with Crippen molar-refractivity contribution in [3.05, 3.63) is 84.4 Å². The zero-order chi connectivity index (χ0) is 14.4. The summed E-state index contributed by atoms with van der Waals surface area (Å²) in [5.41, 5.74) is 3.48. The highest BCUT2D eigenvalue weighted by Crippen LogP contribution is 2.29. The van der Waals surface area contributed by atoms with E-state index in [2.05, 4.69) is 6.58 Å². The van der Waals surface area contributed by atoms with Gasteiger partial charge in [0.15, 0.2) is 0 Å². The lowest BCUT2D eigenvalue weighted by Gasteiger charge is -2.11. The molecule has 0 spiro atoms. The van der Waals surface area contributed by atoms with Gasteiger partial charge in [-0.1, -0.05) is 67.2 Å². The first-order valence-electron chi connectivity index (χ1n) is 6.32. The van der Waals surface area contributed by atoms with Gasteiger partial charge in [-0.3, -0.25) is 0 Å². The molecule has 0 aliphatic carbocycles. The molecule has 20 heavy (non-hydrogen) atoms. The van der Waals surface area contributed by atoms with Crippen LogP contribution in [0.25, 0.3) is 11.1 Å². The molecule has 2 aromatic rings. The van der Waals surface area contributed by atoms with Crippen molar-refractivity contribution in [2.45, 2.75) is 0 Å². The summed E-state index contributed by atoms with van der Waals surface area (Å²) >= 11 is 0. The Morgan fingerprint density at radius 1 is 0.950 bits per heavy atom. The monoisotopic (exact) mass is 264 g/mol. The smallest absolute Gasteiger partial charge is 0.331 e. The number of esters is 1. The lowest BCUT2D eigenvalue weighted by molar-refractivity contribution is -0.134. The van der Waals surface area contributed by atoms with E-state index in [1.807, 2.05) is 60.7 Å². The van der Waals surface area contributed by atoms with Crippen LogP contribution in [0.4, 0.5) is 0 Å². The van der Waals surface area contributed by atoms with Gasteiger partial charge in [-0.25, -0.2) is 4.79 Å². The molecule has 100 valence electrons. The lowest BCUT2D eigenvalue weighted by Crippen LogP contribution is -1.98. The number of hydrogen-bond donors (Lipinski definition) is 0. The van der Waals surface area contributed by atoms with Gasteiger partial charge in [0.25, 0.3) is 0 Å². The topological polar surface area (TPSA) is 26.3 Å². The average Bonchev–Trinajstić information content (AvgIpc) is 2.53. The summed E-state index contributed by atoms with van der Waals surface area (Å²) in [5, 5.41) is 0. The van der Waals surface area contributed by atoms with E-state index < -0.39 is 0 Å². The first-order valence-corrected chi connectivity index (χ1v) is 6.32. The third kappa shape index (κ3) is 3.23. The largest absolute Gasteiger partial charge is 0.466 e. The summed E-state index contributed by atoms with van der Waals surface area (Å²) in [6, 6.07) is 19.5. The van der Waals surface area contributed by atoms with Crippen molar-refractivity contribution >= 4 is 17.1 Å². The zero-order valence-corrected chi connectivity index (χ0v) is 11.4. The molecule has 0 aliphatic rings. The van der Waals surface area contributed by atoms with Crippen LogP contribution in [0.3, 0.4) is 0 Å². The maximum Gasteiger partial charge on any atom is 0.331 e. The second-order valence-electron chi connectivity index (χ2n) is 4.29. The zero-order valence-electron chi connectivity index (χ0n) is 11.4. The molecule has 0 saturated heterocycles. The highest BCUT2D eigenvalue weighted by molar-refractivity contribution is 6.10. The Kier molecular flexibility index (Phi) is 4.51. The minimum atomic E-state index is -0.388. The number of rotatable bonds is 4. The molecule has 0 N–H and O–H groups in total. The number of carbonyl (C=O) groups excluding carboxylic acids is 1. The van der Waals surface area contributed by atoms with Gasteiger partial charge in [0.05, 0.1) is 7.11 Å². The van der Waals surface area contributed by atoms with E-state index in [4.69, 9.17) is 4.74 Å². The van der Waals surface area contributed by atoms with Gasteiger partial charge in [0, 0.05) is 6.08 Å². The third-order valence-corrected chi connectivity index (χ3v) is 3.00. The molecule has 0 aliphatic heterocycles. The molecule has 0 heterocycles. The molecule has 2 rings (SSSR count). The van der Waals surface area contributed by atoms with Crippen LogP contribution in [0.1, 0.15) is 11.1 Å². The molecule has 0 unspecified atom stereocenters. The fraction of sp³-hybridized carbons (Fsp3) is 0.0556. The minimum absolute atomic E-state index is 0.388. The van der Waals surface area contributed by atoms with Crippen LogP contribution in [0, 0.1) is 0 Å². The minimum Gasteiger partial charge on any atom is -0.466 e. The van der Waals surface area contributed by atoms with Crippen LogP contribution in [0.5, 0.6) is 0 Å². The fourth-order valence-electron chi connectivity index (χ4n) is 1.93. The molecule has 0 radical (unpaired) electrons. The number of benzene rings is 2. The van der Waals surface area contributed by atoms with E-state index in [9.17, 15) is 4.79 Å². The summed E-state index contributed by atoms with van der Waals surface area (Å²) in [6.07, 6.45) is 1.48. The van der Waals surface area contributed by atoms with Crippen molar-refractivity contribution in [2.24, 2.45) is 0 Å². The van der Waals surface area contributed by atoms with Gasteiger partial charge in [0.1, 0.15) is 0 Å². The molecule has 0 aromatic heterocycles. The van der Waals surface area contributed by atoms with E-state index in [1.54, 1.807) is 0 Å². The van der Waals surface area contributed by atoms with E-state index in [-0.39, 0.29) is 5.97 Å². The van der Waals surface area contributed by atoms with Crippen molar-refractivity contribution in [1.82, 2.24) is 0 Å². The van der Waals surface area contributed by atoms with Crippen molar-refractivity contribution in [3.63, 3.8) is 0 Å². The highest BCUT2D eigenvalue weighted by atomic mass is 16.5. The summed E-state index contributed by atoms with van der Waals surface area (Å²) < 4.78 is 4.73. The van der Waals surface area contributed by atoms with Gasteiger partial charge in [-0.05, 0) is 22.3 Å². The Bertz CT molecular complexity index is 625. The normalized spacial score (nSPS) is 10.9. The van der Waals surface area contributed by atoms with Crippen LogP contribution in [0.15, 0.2) is 73.3 Å². The first-order chi connectivity index (χ1) is 9.72. The summed E-state index contributed by atoms with van der Waals surface area (Å²) in [4.78, 5) is 11.6.